The minimum Gasteiger partial charge on any atom is -0.402 e. The fourth-order valence-corrected chi connectivity index (χ4v) is 2.36. The maximum Gasteiger partial charge on any atom is 0.363 e. The lowest BCUT2D eigenvalue weighted by Crippen LogP contribution is -2.06. The Kier molecular flexibility index (Phi) is 3.98. The first-order chi connectivity index (χ1) is 10.6. The van der Waals surface area contributed by atoms with Crippen LogP contribution < -0.4 is 0 Å². The number of nitrogens with zero attached hydrogens (tertiary/aromatic N) is 1. The molecule has 0 radical (unpaired) electrons. The van der Waals surface area contributed by atoms with Crippen molar-refractivity contribution < 1.29 is 14.3 Å². The molecule has 0 atom stereocenters. The molecule has 0 bridgehead atoms. The molecule has 0 N–H and O–H groups in total. The number of esters is 1. The van der Waals surface area contributed by atoms with Gasteiger partial charge in [0.2, 0.25) is 5.90 Å². The number of halogens is 1. The standard InChI is InChI=1S/C17H10BrNO3/c18-13-8-4-7-12(9-13)15(20)10-14-17(21)22-16(19-14)11-5-2-1-3-6-11/h1-10H. The fraction of sp³-hybridized carbons (Fsp3) is 0. The Morgan fingerprint density at radius 3 is 2.59 bits per heavy atom. The molecule has 0 unspecified atom stereocenters. The summed E-state index contributed by atoms with van der Waals surface area (Å²) in [6.07, 6.45) is 1.19. The third kappa shape index (κ3) is 3.04. The Bertz CT molecular complexity index is 810. The van der Waals surface area contributed by atoms with Gasteiger partial charge in [-0.2, -0.15) is 0 Å². The number of hydrogen-bond donors (Lipinski definition) is 0. The first-order valence-electron chi connectivity index (χ1n) is 6.51. The predicted octanol–water partition coefficient (Wildman–Crippen LogP) is 3.52. The lowest BCUT2D eigenvalue weighted by atomic mass is 10.1. The molecule has 0 aromatic heterocycles. The summed E-state index contributed by atoms with van der Waals surface area (Å²) >= 11 is 3.30. The van der Waals surface area contributed by atoms with Crippen LogP contribution in [-0.4, -0.2) is 17.7 Å². The number of carbonyl (C=O) groups is 2. The smallest absolute Gasteiger partial charge is 0.363 e. The van der Waals surface area contributed by atoms with Crippen molar-refractivity contribution in [3.05, 3.63) is 82.0 Å². The topological polar surface area (TPSA) is 55.7 Å². The third-order valence-corrected chi connectivity index (χ3v) is 3.51. The maximum absolute atomic E-state index is 12.2. The van der Waals surface area contributed by atoms with Gasteiger partial charge in [0.15, 0.2) is 11.5 Å². The number of cyclic esters (lactones) is 1. The molecule has 1 aliphatic heterocycles. The SMILES string of the molecule is O=C1OC(c2ccccc2)=NC1=CC(=O)c1cccc(Br)c1. The van der Waals surface area contributed by atoms with Crippen LogP contribution in [0.4, 0.5) is 0 Å². The minimum atomic E-state index is -0.623. The summed E-state index contributed by atoms with van der Waals surface area (Å²) in [5.41, 5.74) is 1.16. The number of benzene rings is 2. The van der Waals surface area contributed by atoms with Crippen molar-refractivity contribution in [2.45, 2.75) is 0 Å². The molecule has 1 aliphatic rings. The number of ketones is 1. The number of rotatable bonds is 3. The van der Waals surface area contributed by atoms with Crippen molar-refractivity contribution in [2.75, 3.05) is 0 Å². The zero-order valence-electron chi connectivity index (χ0n) is 11.3. The quantitative estimate of drug-likeness (QED) is 0.480. The summed E-state index contributed by atoms with van der Waals surface area (Å²) in [5.74, 6) is -0.715. The first-order valence-corrected chi connectivity index (χ1v) is 7.31. The van der Waals surface area contributed by atoms with Crippen molar-refractivity contribution in [3.8, 4) is 0 Å². The largest absolute Gasteiger partial charge is 0.402 e. The fourth-order valence-electron chi connectivity index (χ4n) is 1.96. The highest BCUT2D eigenvalue weighted by Crippen LogP contribution is 2.18. The summed E-state index contributed by atoms with van der Waals surface area (Å²) in [6, 6.07) is 16.0. The van der Waals surface area contributed by atoms with Gasteiger partial charge in [0.1, 0.15) is 0 Å². The van der Waals surface area contributed by atoms with Crippen LogP contribution in [-0.2, 0) is 9.53 Å². The highest BCUT2D eigenvalue weighted by Gasteiger charge is 2.25. The minimum absolute atomic E-state index is 0.00354. The van der Waals surface area contributed by atoms with Gasteiger partial charge in [-0.15, -0.1) is 0 Å². The summed E-state index contributed by atoms with van der Waals surface area (Å²) in [5, 5.41) is 0. The molecule has 22 heavy (non-hydrogen) atoms. The molecule has 5 heteroatoms. The Morgan fingerprint density at radius 2 is 1.86 bits per heavy atom. The molecule has 108 valence electrons. The predicted molar refractivity (Wildman–Crippen MR) is 85.6 cm³/mol. The van der Waals surface area contributed by atoms with E-state index in [0.717, 1.165) is 4.47 Å². The molecule has 0 aliphatic carbocycles. The molecule has 0 fully saturated rings. The number of hydrogen-bond acceptors (Lipinski definition) is 4. The normalized spacial score (nSPS) is 15.6. The zero-order valence-corrected chi connectivity index (χ0v) is 12.9. The molecule has 2 aromatic carbocycles. The van der Waals surface area contributed by atoms with Gasteiger partial charge in [-0.05, 0) is 24.3 Å². The van der Waals surface area contributed by atoms with Gasteiger partial charge < -0.3 is 4.74 Å². The lowest BCUT2D eigenvalue weighted by Gasteiger charge is -1.97. The number of aliphatic imine (C=N–C) groups is 1. The summed E-state index contributed by atoms with van der Waals surface area (Å²) < 4.78 is 5.89. The number of allylic oxidation sites excluding steroid dienone is 1. The van der Waals surface area contributed by atoms with Gasteiger partial charge in [-0.1, -0.05) is 46.3 Å². The van der Waals surface area contributed by atoms with Crippen LogP contribution >= 0.6 is 15.9 Å². The van der Waals surface area contributed by atoms with Crippen LogP contribution in [0.3, 0.4) is 0 Å². The van der Waals surface area contributed by atoms with Crippen LogP contribution in [0.2, 0.25) is 0 Å². The van der Waals surface area contributed by atoms with Crippen molar-refractivity contribution in [2.24, 2.45) is 4.99 Å². The van der Waals surface area contributed by atoms with Crippen LogP contribution in [0.5, 0.6) is 0 Å². The zero-order chi connectivity index (χ0) is 15.5. The average molecular weight is 356 g/mol. The van der Waals surface area contributed by atoms with Gasteiger partial charge in [0.05, 0.1) is 0 Å². The Morgan fingerprint density at radius 1 is 1.09 bits per heavy atom. The van der Waals surface area contributed by atoms with E-state index in [9.17, 15) is 9.59 Å². The maximum atomic E-state index is 12.2. The second-order valence-electron chi connectivity index (χ2n) is 4.58. The molecule has 2 aromatic rings. The second kappa shape index (κ2) is 6.07. The van der Waals surface area contributed by atoms with Gasteiger partial charge in [0, 0.05) is 21.7 Å². The van der Waals surface area contributed by atoms with E-state index in [-0.39, 0.29) is 17.4 Å². The highest BCUT2D eigenvalue weighted by molar-refractivity contribution is 9.10. The number of carbonyl (C=O) groups excluding carboxylic acids is 2. The molecular weight excluding hydrogens is 346 g/mol. The molecule has 4 nitrogen and oxygen atoms in total. The summed E-state index contributed by atoms with van der Waals surface area (Å²) in [6.45, 7) is 0. The van der Waals surface area contributed by atoms with E-state index in [1.165, 1.54) is 6.08 Å². The van der Waals surface area contributed by atoms with Gasteiger partial charge >= 0.3 is 5.97 Å². The van der Waals surface area contributed by atoms with Crippen LogP contribution in [0, 0.1) is 0 Å². The van der Waals surface area contributed by atoms with Crippen molar-refractivity contribution in [3.63, 3.8) is 0 Å². The van der Waals surface area contributed by atoms with Gasteiger partial charge in [-0.25, -0.2) is 9.79 Å². The highest BCUT2D eigenvalue weighted by atomic mass is 79.9. The number of ether oxygens (including phenoxy) is 1. The second-order valence-corrected chi connectivity index (χ2v) is 5.49. The van der Waals surface area contributed by atoms with Crippen LogP contribution in [0.1, 0.15) is 15.9 Å². The average Bonchev–Trinajstić information content (AvgIpc) is 2.89. The lowest BCUT2D eigenvalue weighted by molar-refractivity contribution is -0.130. The van der Waals surface area contributed by atoms with E-state index in [2.05, 4.69) is 20.9 Å². The van der Waals surface area contributed by atoms with Crippen molar-refractivity contribution >= 4 is 33.6 Å². The first kappa shape index (κ1) is 14.4. The van der Waals surface area contributed by atoms with Crippen molar-refractivity contribution in [1.29, 1.82) is 0 Å². The van der Waals surface area contributed by atoms with E-state index in [0.29, 0.717) is 11.1 Å². The van der Waals surface area contributed by atoms with E-state index in [1.54, 1.807) is 30.3 Å². The van der Waals surface area contributed by atoms with E-state index >= 15 is 0 Å². The molecular formula is C17H10BrNO3. The van der Waals surface area contributed by atoms with Crippen molar-refractivity contribution in [1.82, 2.24) is 0 Å². The Balaban J connectivity index is 1.89. The summed E-state index contributed by atoms with van der Waals surface area (Å²) in [7, 11) is 0. The van der Waals surface area contributed by atoms with Crippen LogP contribution in [0.15, 0.2) is 75.8 Å². The molecule has 0 saturated carbocycles. The Labute approximate surface area is 135 Å². The molecule has 0 amide bonds. The van der Waals surface area contributed by atoms with E-state index in [4.69, 9.17) is 4.74 Å². The Hall–Kier alpha value is -2.53. The molecule has 3 rings (SSSR count). The molecule has 1 heterocycles. The summed E-state index contributed by atoms with van der Waals surface area (Å²) in [4.78, 5) is 28.1. The van der Waals surface area contributed by atoms with Crippen LogP contribution in [0.25, 0.3) is 0 Å². The van der Waals surface area contributed by atoms with Gasteiger partial charge in [0.25, 0.3) is 0 Å². The molecule has 0 spiro atoms. The van der Waals surface area contributed by atoms with E-state index < -0.39 is 5.97 Å². The molecule has 0 saturated heterocycles. The monoisotopic (exact) mass is 355 g/mol. The van der Waals surface area contributed by atoms with Gasteiger partial charge in [-0.3, -0.25) is 4.79 Å². The third-order valence-electron chi connectivity index (χ3n) is 3.02. The van der Waals surface area contributed by atoms with E-state index in [1.807, 2.05) is 24.3 Å².